The van der Waals surface area contributed by atoms with E-state index in [9.17, 15) is 9.59 Å². The Bertz CT molecular complexity index is 950. The van der Waals surface area contributed by atoms with Gasteiger partial charge < -0.3 is 9.64 Å². The minimum atomic E-state index is -0.200. The minimum absolute atomic E-state index is 0.179. The van der Waals surface area contributed by atoms with Gasteiger partial charge in [0.05, 0.1) is 18.5 Å². The molecule has 0 fully saturated rings. The normalized spacial score (nSPS) is 11.0. The molecular formula is C19H21N3O3S. The molecule has 6 nitrogen and oxygen atoms in total. The van der Waals surface area contributed by atoms with Gasteiger partial charge in [-0.25, -0.2) is 4.68 Å². The number of rotatable bonds is 7. The lowest BCUT2D eigenvalue weighted by Gasteiger charge is -2.22. The van der Waals surface area contributed by atoms with Gasteiger partial charge in [-0.05, 0) is 24.4 Å². The van der Waals surface area contributed by atoms with Gasteiger partial charge in [-0.2, -0.15) is 5.10 Å². The van der Waals surface area contributed by atoms with Gasteiger partial charge in [-0.3, -0.25) is 9.59 Å². The Morgan fingerprint density at radius 1 is 1.23 bits per heavy atom. The first-order valence-electron chi connectivity index (χ1n) is 8.46. The summed E-state index contributed by atoms with van der Waals surface area (Å²) in [6, 6.07) is 11.1. The Hall–Kier alpha value is -2.51. The lowest BCUT2D eigenvalue weighted by Crippen LogP contribution is -2.36. The maximum absolute atomic E-state index is 13.3. The number of amides is 1. The summed E-state index contributed by atoms with van der Waals surface area (Å²) in [5.74, 6) is -0.200. The van der Waals surface area contributed by atoms with Crippen molar-refractivity contribution in [3.05, 3.63) is 62.7 Å². The van der Waals surface area contributed by atoms with Crippen LogP contribution in [0.1, 0.15) is 22.3 Å². The average molecular weight is 371 g/mol. The molecule has 136 valence electrons. The summed E-state index contributed by atoms with van der Waals surface area (Å²) >= 11 is 1.60. The lowest BCUT2D eigenvalue weighted by atomic mass is 10.1. The molecule has 0 atom stereocenters. The first-order chi connectivity index (χ1) is 12.7. The van der Waals surface area contributed by atoms with Crippen LogP contribution < -0.4 is 5.56 Å². The van der Waals surface area contributed by atoms with Gasteiger partial charge in [0, 0.05) is 30.5 Å². The smallest absolute Gasteiger partial charge is 0.275 e. The van der Waals surface area contributed by atoms with E-state index in [1.807, 2.05) is 30.5 Å². The minimum Gasteiger partial charge on any atom is -0.383 e. The van der Waals surface area contributed by atoms with E-state index in [1.54, 1.807) is 41.5 Å². The third-order valence-corrected chi connectivity index (χ3v) is 5.01. The van der Waals surface area contributed by atoms with Crippen molar-refractivity contribution < 1.29 is 9.53 Å². The van der Waals surface area contributed by atoms with Crippen LogP contribution in [0.2, 0.25) is 0 Å². The molecule has 0 aliphatic carbocycles. The van der Waals surface area contributed by atoms with Crippen LogP contribution in [0.5, 0.6) is 0 Å². The topological polar surface area (TPSA) is 64.4 Å². The number of methoxy groups -OCH3 is 1. The zero-order valence-corrected chi connectivity index (χ0v) is 15.7. The van der Waals surface area contributed by atoms with Crippen LogP contribution in [-0.2, 0) is 17.8 Å². The van der Waals surface area contributed by atoms with Crippen molar-refractivity contribution >= 4 is 28.0 Å². The molecule has 0 unspecified atom stereocenters. The van der Waals surface area contributed by atoms with Crippen LogP contribution in [0, 0.1) is 0 Å². The molecule has 2 heterocycles. The van der Waals surface area contributed by atoms with Gasteiger partial charge in [0.25, 0.3) is 11.5 Å². The molecule has 0 spiro atoms. The van der Waals surface area contributed by atoms with Gasteiger partial charge in [0.15, 0.2) is 5.69 Å². The van der Waals surface area contributed by atoms with Crippen LogP contribution in [-0.4, -0.2) is 40.8 Å². The van der Waals surface area contributed by atoms with E-state index in [0.717, 1.165) is 4.88 Å². The number of hydrogen-bond donors (Lipinski definition) is 0. The van der Waals surface area contributed by atoms with Crippen LogP contribution >= 0.6 is 11.3 Å². The molecule has 0 bridgehead atoms. The van der Waals surface area contributed by atoms with Crippen LogP contribution in [0.15, 0.2) is 46.6 Å². The van der Waals surface area contributed by atoms with Crippen LogP contribution in [0.4, 0.5) is 0 Å². The number of hydrogen-bond acceptors (Lipinski definition) is 5. The number of thiophene rings is 1. The van der Waals surface area contributed by atoms with E-state index in [-0.39, 0.29) is 11.5 Å². The highest BCUT2D eigenvalue weighted by atomic mass is 32.1. The van der Waals surface area contributed by atoms with Gasteiger partial charge in [0.1, 0.15) is 0 Å². The number of carbonyl (C=O) groups excluding carboxylic acids is 1. The third kappa shape index (κ3) is 3.68. The van der Waals surface area contributed by atoms with E-state index in [2.05, 4.69) is 5.10 Å². The van der Waals surface area contributed by atoms with Crippen molar-refractivity contribution in [2.45, 2.75) is 20.0 Å². The largest absolute Gasteiger partial charge is 0.383 e. The maximum Gasteiger partial charge on any atom is 0.275 e. The molecule has 0 N–H and O–H groups in total. The maximum atomic E-state index is 13.3. The fraction of sp³-hybridized carbons (Fsp3) is 0.316. The van der Waals surface area contributed by atoms with Crippen molar-refractivity contribution in [2.24, 2.45) is 0 Å². The fourth-order valence-corrected chi connectivity index (χ4v) is 3.52. The Balaban J connectivity index is 2.05. The van der Waals surface area contributed by atoms with Crippen molar-refractivity contribution in [3.63, 3.8) is 0 Å². The SMILES string of the molecule is CCn1nc(C(=O)N(CCOC)Cc2cccs2)c2ccccc2c1=O. The molecule has 1 aromatic carbocycles. The Morgan fingerprint density at radius 3 is 2.65 bits per heavy atom. The molecular weight excluding hydrogens is 350 g/mol. The number of ether oxygens (including phenoxy) is 1. The number of aryl methyl sites for hydroxylation is 1. The van der Waals surface area contributed by atoms with E-state index in [4.69, 9.17) is 4.74 Å². The monoisotopic (exact) mass is 371 g/mol. The van der Waals surface area contributed by atoms with E-state index in [1.165, 1.54) is 4.68 Å². The number of fused-ring (bicyclic) bond motifs is 1. The van der Waals surface area contributed by atoms with Crippen LogP contribution in [0.3, 0.4) is 0 Å². The van der Waals surface area contributed by atoms with Gasteiger partial charge >= 0.3 is 0 Å². The number of carbonyl (C=O) groups is 1. The highest BCUT2D eigenvalue weighted by molar-refractivity contribution is 7.09. The van der Waals surface area contributed by atoms with Crippen molar-refractivity contribution in [3.8, 4) is 0 Å². The quantitative estimate of drug-likeness (QED) is 0.641. The molecule has 0 radical (unpaired) electrons. The molecule has 0 aliphatic rings. The summed E-state index contributed by atoms with van der Waals surface area (Å²) in [6.07, 6.45) is 0. The zero-order chi connectivity index (χ0) is 18.5. The molecule has 3 aromatic rings. The summed E-state index contributed by atoms with van der Waals surface area (Å²) in [7, 11) is 1.61. The highest BCUT2D eigenvalue weighted by Gasteiger charge is 2.22. The third-order valence-electron chi connectivity index (χ3n) is 4.15. The van der Waals surface area contributed by atoms with E-state index >= 15 is 0 Å². The molecule has 0 saturated heterocycles. The molecule has 0 saturated carbocycles. The molecule has 7 heteroatoms. The van der Waals surface area contributed by atoms with Gasteiger partial charge in [-0.1, -0.05) is 24.3 Å². The van der Waals surface area contributed by atoms with Crippen LogP contribution in [0.25, 0.3) is 10.8 Å². The van der Waals surface area contributed by atoms with Crippen molar-refractivity contribution in [2.75, 3.05) is 20.3 Å². The second-order valence-corrected chi connectivity index (χ2v) is 6.85. The predicted molar refractivity (Wildman–Crippen MR) is 103 cm³/mol. The standard InChI is InChI=1S/C19H21N3O3S/c1-3-22-18(23)16-9-5-4-8-15(16)17(20-22)19(24)21(10-11-25-2)13-14-7-6-12-26-14/h4-9,12H,3,10-11,13H2,1-2H3. The summed E-state index contributed by atoms with van der Waals surface area (Å²) in [5, 5.41) is 7.43. The Kier molecular flexibility index (Phi) is 5.80. The first-order valence-corrected chi connectivity index (χ1v) is 9.34. The fourth-order valence-electron chi connectivity index (χ4n) is 2.80. The zero-order valence-electron chi connectivity index (χ0n) is 14.8. The van der Waals surface area contributed by atoms with Gasteiger partial charge in [0.2, 0.25) is 0 Å². The Labute approximate surface area is 155 Å². The molecule has 2 aromatic heterocycles. The average Bonchev–Trinajstić information content (AvgIpc) is 3.18. The highest BCUT2D eigenvalue weighted by Crippen LogP contribution is 2.18. The summed E-state index contributed by atoms with van der Waals surface area (Å²) in [4.78, 5) is 28.6. The number of nitrogens with zero attached hydrogens (tertiary/aromatic N) is 3. The lowest BCUT2D eigenvalue weighted by molar-refractivity contribution is 0.0676. The molecule has 26 heavy (non-hydrogen) atoms. The predicted octanol–water partition coefficient (Wildman–Crippen LogP) is 2.77. The second-order valence-electron chi connectivity index (χ2n) is 5.81. The number of benzene rings is 1. The van der Waals surface area contributed by atoms with E-state index < -0.39 is 0 Å². The van der Waals surface area contributed by atoms with Crippen molar-refractivity contribution in [1.29, 1.82) is 0 Å². The van der Waals surface area contributed by atoms with E-state index in [0.29, 0.717) is 42.7 Å². The number of aromatic nitrogens is 2. The molecule has 1 amide bonds. The summed E-state index contributed by atoms with van der Waals surface area (Å²) in [5.41, 5.74) is 0.121. The van der Waals surface area contributed by atoms with Crippen molar-refractivity contribution in [1.82, 2.24) is 14.7 Å². The molecule has 0 aliphatic heterocycles. The molecule has 3 rings (SSSR count). The second kappa shape index (κ2) is 8.25. The Morgan fingerprint density at radius 2 is 2.00 bits per heavy atom. The summed E-state index contributed by atoms with van der Waals surface area (Å²) in [6.45, 7) is 3.62. The van der Waals surface area contributed by atoms with Gasteiger partial charge in [-0.15, -0.1) is 11.3 Å². The first kappa shape index (κ1) is 18.3. The summed E-state index contributed by atoms with van der Waals surface area (Å²) < 4.78 is 6.51.